The van der Waals surface area contributed by atoms with E-state index in [4.69, 9.17) is 9.51 Å². The summed E-state index contributed by atoms with van der Waals surface area (Å²) >= 11 is 0. The number of pyridine rings is 1. The molecular weight excluding hydrogens is 286 g/mol. The van der Waals surface area contributed by atoms with Crippen LogP contribution in [0.15, 0.2) is 40.9 Å². The van der Waals surface area contributed by atoms with Crippen molar-refractivity contribution >= 4 is 10.9 Å². The van der Waals surface area contributed by atoms with Gasteiger partial charge in [0, 0.05) is 23.5 Å². The van der Waals surface area contributed by atoms with Crippen LogP contribution in [0.25, 0.3) is 10.9 Å². The van der Waals surface area contributed by atoms with Gasteiger partial charge in [-0.3, -0.25) is 9.88 Å². The summed E-state index contributed by atoms with van der Waals surface area (Å²) in [6.07, 6.45) is 2.37. The molecule has 118 valence electrons. The Hall–Kier alpha value is -2.20. The molecular formula is C19H21N3O. The molecule has 0 radical (unpaired) electrons. The summed E-state index contributed by atoms with van der Waals surface area (Å²) in [6.45, 7) is 6.03. The van der Waals surface area contributed by atoms with Crippen molar-refractivity contribution in [1.82, 2.24) is 15.0 Å². The van der Waals surface area contributed by atoms with E-state index in [1.807, 2.05) is 19.9 Å². The summed E-state index contributed by atoms with van der Waals surface area (Å²) in [5.41, 5.74) is 4.48. The van der Waals surface area contributed by atoms with Gasteiger partial charge in [0.2, 0.25) is 0 Å². The lowest BCUT2D eigenvalue weighted by molar-refractivity contribution is 0.243. The van der Waals surface area contributed by atoms with E-state index < -0.39 is 0 Å². The van der Waals surface area contributed by atoms with Gasteiger partial charge in [0.15, 0.2) is 0 Å². The Balaban J connectivity index is 1.61. The van der Waals surface area contributed by atoms with Crippen molar-refractivity contribution in [1.29, 1.82) is 0 Å². The molecule has 3 heterocycles. The average Bonchev–Trinajstić information content (AvgIpc) is 3.13. The molecule has 4 heteroatoms. The summed E-state index contributed by atoms with van der Waals surface area (Å²) in [6, 6.07) is 13.0. The fourth-order valence-electron chi connectivity index (χ4n) is 3.71. The number of hydrogen-bond acceptors (Lipinski definition) is 4. The van der Waals surface area contributed by atoms with E-state index in [2.05, 4.69) is 40.4 Å². The van der Waals surface area contributed by atoms with Crippen molar-refractivity contribution < 1.29 is 4.52 Å². The smallest absolute Gasteiger partial charge is 0.138 e. The van der Waals surface area contributed by atoms with Gasteiger partial charge < -0.3 is 4.52 Å². The second-order valence-electron chi connectivity index (χ2n) is 6.36. The third kappa shape index (κ3) is 2.63. The third-order valence-corrected chi connectivity index (χ3v) is 4.81. The van der Waals surface area contributed by atoms with Crippen LogP contribution >= 0.6 is 0 Å². The summed E-state index contributed by atoms with van der Waals surface area (Å²) in [5, 5.41) is 5.32. The molecule has 1 fully saturated rings. The number of para-hydroxylation sites is 1. The van der Waals surface area contributed by atoms with Crippen molar-refractivity contribution in [2.75, 3.05) is 6.54 Å². The Bertz CT molecular complexity index is 820. The first-order valence-electron chi connectivity index (χ1n) is 8.24. The normalized spacial score (nSPS) is 18.8. The maximum absolute atomic E-state index is 5.37. The molecule has 0 saturated carbocycles. The minimum Gasteiger partial charge on any atom is -0.361 e. The number of nitrogens with zero attached hydrogens (tertiary/aromatic N) is 3. The van der Waals surface area contributed by atoms with Crippen LogP contribution in [-0.4, -0.2) is 21.6 Å². The zero-order valence-electron chi connectivity index (χ0n) is 13.6. The van der Waals surface area contributed by atoms with Crippen molar-refractivity contribution in [3.63, 3.8) is 0 Å². The molecule has 1 aliphatic heterocycles. The Morgan fingerprint density at radius 2 is 2.04 bits per heavy atom. The van der Waals surface area contributed by atoms with E-state index in [-0.39, 0.29) is 0 Å². The van der Waals surface area contributed by atoms with E-state index in [0.29, 0.717) is 6.04 Å². The molecule has 0 bridgehead atoms. The van der Waals surface area contributed by atoms with Gasteiger partial charge >= 0.3 is 0 Å². The van der Waals surface area contributed by atoms with Gasteiger partial charge in [0.25, 0.3) is 0 Å². The maximum atomic E-state index is 5.37. The number of rotatable bonds is 3. The van der Waals surface area contributed by atoms with E-state index in [1.54, 1.807) is 0 Å². The maximum Gasteiger partial charge on any atom is 0.138 e. The quantitative estimate of drug-likeness (QED) is 0.728. The largest absolute Gasteiger partial charge is 0.361 e. The highest BCUT2D eigenvalue weighted by Crippen LogP contribution is 2.36. The van der Waals surface area contributed by atoms with Gasteiger partial charge in [-0.25, -0.2) is 0 Å². The molecule has 0 unspecified atom stereocenters. The molecule has 1 saturated heterocycles. The second kappa shape index (κ2) is 5.78. The molecule has 1 aromatic carbocycles. The van der Waals surface area contributed by atoms with Crippen molar-refractivity contribution in [2.45, 2.75) is 39.3 Å². The lowest BCUT2D eigenvalue weighted by Crippen LogP contribution is -2.24. The first-order chi connectivity index (χ1) is 11.2. The highest BCUT2D eigenvalue weighted by Gasteiger charge is 2.30. The van der Waals surface area contributed by atoms with Crippen LogP contribution in [0.4, 0.5) is 0 Å². The van der Waals surface area contributed by atoms with Crippen molar-refractivity contribution in [3.8, 4) is 0 Å². The Kier molecular flexibility index (Phi) is 3.62. The van der Waals surface area contributed by atoms with Gasteiger partial charge in [-0.2, -0.15) is 0 Å². The average molecular weight is 307 g/mol. The molecule has 4 rings (SSSR count). The monoisotopic (exact) mass is 307 g/mol. The number of aryl methyl sites for hydroxylation is 2. The lowest BCUT2D eigenvalue weighted by atomic mass is 10.0. The van der Waals surface area contributed by atoms with E-state index in [9.17, 15) is 0 Å². The number of hydrogen-bond donors (Lipinski definition) is 0. The fraction of sp³-hybridized carbons (Fsp3) is 0.368. The zero-order chi connectivity index (χ0) is 15.8. The summed E-state index contributed by atoms with van der Waals surface area (Å²) in [4.78, 5) is 7.32. The second-order valence-corrected chi connectivity index (χ2v) is 6.36. The first kappa shape index (κ1) is 14.4. The predicted octanol–water partition coefficient (Wildman–Crippen LogP) is 4.18. The summed E-state index contributed by atoms with van der Waals surface area (Å²) in [7, 11) is 0. The van der Waals surface area contributed by atoms with Crippen LogP contribution in [0.3, 0.4) is 0 Å². The molecule has 0 aliphatic carbocycles. The molecule has 2 aromatic heterocycles. The van der Waals surface area contributed by atoms with Crippen LogP contribution in [0, 0.1) is 13.8 Å². The Morgan fingerprint density at radius 3 is 2.87 bits per heavy atom. The number of fused-ring (bicyclic) bond motifs is 1. The SMILES string of the molecule is Cc1noc(C)c1[C@H]1CCCN1Cc1ccc2ccccc2n1. The summed E-state index contributed by atoms with van der Waals surface area (Å²) in [5.74, 6) is 0.950. The van der Waals surface area contributed by atoms with E-state index >= 15 is 0 Å². The van der Waals surface area contributed by atoms with Crippen LogP contribution in [0.1, 0.15) is 41.6 Å². The Morgan fingerprint density at radius 1 is 1.17 bits per heavy atom. The van der Waals surface area contributed by atoms with Crippen molar-refractivity contribution in [3.05, 3.63) is 59.1 Å². The first-order valence-corrected chi connectivity index (χ1v) is 8.24. The highest BCUT2D eigenvalue weighted by molar-refractivity contribution is 5.78. The van der Waals surface area contributed by atoms with Crippen LogP contribution in [0.2, 0.25) is 0 Å². The zero-order valence-corrected chi connectivity index (χ0v) is 13.6. The van der Waals surface area contributed by atoms with Crippen molar-refractivity contribution in [2.24, 2.45) is 0 Å². The minimum atomic E-state index is 0.398. The van der Waals surface area contributed by atoms with E-state index in [0.717, 1.165) is 42.2 Å². The Labute approximate surface area is 136 Å². The van der Waals surface area contributed by atoms with Gasteiger partial charge in [0.05, 0.1) is 16.9 Å². The highest BCUT2D eigenvalue weighted by atomic mass is 16.5. The molecule has 1 aliphatic rings. The molecule has 4 nitrogen and oxygen atoms in total. The fourth-order valence-corrected chi connectivity index (χ4v) is 3.71. The standard InChI is InChI=1S/C19H21N3O/c1-13-19(14(2)23-21-13)18-8-5-11-22(18)12-16-10-9-15-6-3-4-7-17(15)20-16/h3-4,6-7,9-10,18H,5,8,11-12H2,1-2H3/t18-/m1/s1. The van der Waals surface area contributed by atoms with Gasteiger partial charge in [-0.15, -0.1) is 0 Å². The molecule has 1 atom stereocenters. The van der Waals surface area contributed by atoms with E-state index in [1.165, 1.54) is 17.4 Å². The predicted molar refractivity (Wildman–Crippen MR) is 90.1 cm³/mol. The topological polar surface area (TPSA) is 42.2 Å². The molecule has 0 spiro atoms. The lowest BCUT2D eigenvalue weighted by Gasteiger charge is -2.24. The third-order valence-electron chi connectivity index (χ3n) is 4.81. The molecule has 3 aromatic rings. The number of aromatic nitrogens is 2. The molecule has 0 N–H and O–H groups in total. The van der Waals surface area contributed by atoms with Crippen LogP contribution in [-0.2, 0) is 6.54 Å². The van der Waals surface area contributed by atoms with Gasteiger partial charge in [0.1, 0.15) is 5.76 Å². The number of benzene rings is 1. The number of likely N-dealkylation sites (tertiary alicyclic amines) is 1. The minimum absolute atomic E-state index is 0.398. The van der Waals surface area contributed by atoms with Gasteiger partial charge in [-0.05, 0) is 45.4 Å². The van der Waals surface area contributed by atoms with Gasteiger partial charge in [-0.1, -0.05) is 29.4 Å². The summed E-state index contributed by atoms with van der Waals surface area (Å²) < 4.78 is 5.37. The van der Waals surface area contributed by atoms with Crippen LogP contribution < -0.4 is 0 Å². The molecule has 23 heavy (non-hydrogen) atoms. The van der Waals surface area contributed by atoms with Crippen LogP contribution in [0.5, 0.6) is 0 Å². The molecule has 0 amide bonds.